The molecule has 2 aromatic heterocycles. The Balaban J connectivity index is 1.71. The molecule has 0 bridgehead atoms. The smallest absolute Gasteiger partial charge is 0.256 e. The van der Waals surface area contributed by atoms with Gasteiger partial charge in [-0.05, 0) is 25.3 Å². The van der Waals surface area contributed by atoms with E-state index in [0.29, 0.717) is 23.6 Å². The zero-order valence-corrected chi connectivity index (χ0v) is 12.2. The molecule has 0 amide bonds. The van der Waals surface area contributed by atoms with Crippen molar-refractivity contribution in [1.82, 2.24) is 20.1 Å². The predicted molar refractivity (Wildman–Crippen MR) is 76.3 cm³/mol. The fourth-order valence-corrected chi connectivity index (χ4v) is 2.63. The average Bonchev–Trinajstić information content (AvgIpc) is 3.04. The lowest BCUT2D eigenvalue weighted by molar-refractivity contribution is -0.0468. The van der Waals surface area contributed by atoms with Crippen molar-refractivity contribution in [3.05, 3.63) is 24.4 Å². The monoisotopic (exact) mass is 288 g/mol. The highest BCUT2D eigenvalue weighted by atomic mass is 16.5. The van der Waals surface area contributed by atoms with Crippen molar-refractivity contribution in [2.75, 3.05) is 0 Å². The van der Waals surface area contributed by atoms with Gasteiger partial charge in [-0.15, -0.1) is 0 Å². The van der Waals surface area contributed by atoms with E-state index >= 15 is 0 Å². The van der Waals surface area contributed by atoms with Crippen molar-refractivity contribution < 1.29 is 9.26 Å². The Hall–Kier alpha value is -1.82. The van der Waals surface area contributed by atoms with E-state index in [1.165, 1.54) is 19.3 Å². The molecule has 0 saturated heterocycles. The summed E-state index contributed by atoms with van der Waals surface area (Å²) in [6.45, 7) is 2.07. The molecule has 1 unspecified atom stereocenters. The van der Waals surface area contributed by atoms with Crippen molar-refractivity contribution >= 4 is 0 Å². The SMILES string of the molecule is CCC(OC1CCCCC1)c1nc(-c2ncccn2)no1. The summed E-state index contributed by atoms with van der Waals surface area (Å²) in [5.41, 5.74) is 0. The van der Waals surface area contributed by atoms with Gasteiger partial charge in [0.25, 0.3) is 5.89 Å². The lowest BCUT2D eigenvalue weighted by Gasteiger charge is -2.25. The van der Waals surface area contributed by atoms with Crippen molar-refractivity contribution in [2.24, 2.45) is 0 Å². The van der Waals surface area contributed by atoms with Crippen LogP contribution < -0.4 is 0 Å². The first kappa shape index (κ1) is 14.1. The molecular formula is C15H20N4O2. The van der Waals surface area contributed by atoms with E-state index in [4.69, 9.17) is 9.26 Å². The van der Waals surface area contributed by atoms with Crippen LogP contribution in [0, 0.1) is 0 Å². The first-order valence-electron chi connectivity index (χ1n) is 7.63. The molecule has 6 heteroatoms. The highest BCUT2D eigenvalue weighted by Crippen LogP contribution is 2.28. The Bertz CT molecular complexity index is 552. The molecular weight excluding hydrogens is 268 g/mol. The second-order valence-corrected chi connectivity index (χ2v) is 5.32. The van der Waals surface area contributed by atoms with Gasteiger partial charge in [-0.2, -0.15) is 4.98 Å². The van der Waals surface area contributed by atoms with E-state index in [1.54, 1.807) is 18.5 Å². The molecule has 1 saturated carbocycles. The molecule has 1 aliphatic carbocycles. The summed E-state index contributed by atoms with van der Waals surface area (Å²) in [5.74, 6) is 1.40. The third-order valence-electron chi connectivity index (χ3n) is 3.76. The Morgan fingerprint density at radius 2 is 1.95 bits per heavy atom. The first-order valence-corrected chi connectivity index (χ1v) is 7.63. The maximum atomic E-state index is 6.14. The second-order valence-electron chi connectivity index (χ2n) is 5.32. The molecule has 1 aliphatic rings. The van der Waals surface area contributed by atoms with Crippen LogP contribution in [0.25, 0.3) is 11.6 Å². The van der Waals surface area contributed by atoms with Gasteiger partial charge in [-0.3, -0.25) is 0 Å². The lowest BCUT2D eigenvalue weighted by Crippen LogP contribution is -2.19. The Labute approximate surface area is 124 Å². The fourth-order valence-electron chi connectivity index (χ4n) is 2.63. The third kappa shape index (κ3) is 3.44. The summed E-state index contributed by atoms with van der Waals surface area (Å²) in [6.07, 6.45) is 10.4. The summed E-state index contributed by atoms with van der Waals surface area (Å²) in [4.78, 5) is 12.6. The zero-order chi connectivity index (χ0) is 14.5. The average molecular weight is 288 g/mol. The van der Waals surface area contributed by atoms with Crippen LogP contribution in [0.15, 0.2) is 23.0 Å². The normalized spacial score (nSPS) is 17.8. The van der Waals surface area contributed by atoms with E-state index in [1.807, 2.05) is 0 Å². The zero-order valence-electron chi connectivity index (χ0n) is 12.2. The number of aromatic nitrogens is 4. The second kappa shape index (κ2) is 6.76. The number of ether oxygens (including phenoxy) is 1. The largest absolute Gasteiger partial charge is 0.365 e. The van der Waals surface area contributed by atoms with E-state index in [0.717, 1.165) is 19.3 Å². The quantitative estimate of drug-likeness (QED) is 0.840. The molecule has 21 heavy (non-hydrogen) atoms. The minimum Gasteiger partial charge on any atom is -0.365 e. The summed E-state index contributed by atoms with van der Waals surface area (Å²) < 4.78 is 11.5. The molecule has 2 aromatic rings. The van der Waals surface area contributed by atoms with Gasteiger partial charge in [0, 0.05) is 12.4 Å². The standard InChI is InChI=1S/C15H20N4O2/c1-2-12(20-11-7-4-3-5-8-11)15-18-14(19-21-15)13-16-9-6-10-17-13/h6,9-12H,2-5,7-8H2,1H3. The minimum atomic E-state index is -0.141. The van der Waals surface area contributed by atoms with E-state index in [-0.39, 0.29) is 6.10 Å². The minimum absolute atomic E-state index is 0.141. The first-order chi connectivity index (χ1) is 10.4. The predicted octanol–water partition coefficient (Wildman–Crippen LogP) is 3.33. The van der Waals surface area contributed by atoms with Gasteiger partial charge in [0.1, 0.15) is 6.10 Å². The van der Waals surface area contributed by atoms with Crippen molar-refractivity contribution in [1.29, 1.82) is 0 Å². The van der Waals surface area contributed by atoms with E-state index in [9.17, 15) is 0 Å². The Kier molecular flexibility index (Phi) is 4.55. The summed E-state index contributed by atoms with van der Waals surface area (Å²) in [7, 11) is 0. The highest BCUT2D eigenvalue weighted by molar-refractivity contribution is 5.40. The Morgan fingerprint density at radius 1 is 1.19 bits per heavy atom. The van der Waals surface area contributed by atoms with Gasteiger partial charge in [-0.25, -0.2) is 9.97 Å². The van der Waals surface area contributed by atoms with Gasteiger partial charge in [-0.1, -0.05) is 31.3 Å². The molecule has 3 rings (SSSR count). The number of nitrogens with zero attached hydrogens (tertiary/aromatic N) is 4. The van der Waals surface area contributed by atoms with Crippen molar-refractivity contribution in [3.8, 4) is 11.6 Å². The molecule has 0 radical (unpaired) electrons. The van der Waals surface area contributed by atoms with Crippen molar-refractivity contribution in [3.63, 3.8) is 0 Å². The fraction of sp³-hybridized carbons (Fsp3) is 0.600. The number of rotatable bonds is 5. The molecule has 2 heterocycles. The molecule has 6 nitrogen and oxygen atoms in total. The van der Waals surface area contributed by atoms with Crippen LogP contribution in [-0.4, -0.2) is 26.2 Å². The maximum absolute atomic E-state index is 6.14. The Morgan fingerprint density at radius 3 is 2.67 bits per heavy atom. The van der Waals surface area contributed by atoms with Crippen LogP contribution in [0.5, 0.6) is 0 Å². The van der Waals surface area contributed by atoms with Crippen molar-refractivity contribution in [2.45, 2.75) is 57.7 Å². The van der Waals surface area contributed by atoms with Crippen LogP contribution >= 0.6 is 0 Å². The molecule has 112 valence electrons. The van der Waals surface area contributed by atoms with Crippen LogP contribution in [0.4, 0.5) is 0 Å². The van der Waals surface area contributed by atoms with E-state index < -0.39 is 0 Å². The molecule has 0 spiro atoms. The molecule has 0 N–H and O–H groups in total. The van der Waals surface area contributed by atoms with Gasteiger partial charge in [0.05, 0.1) is 6.10 Å². The lowest BCUT2D eigenvalue weighted by atomic mass is 9.97. The van der Waals surface area contributed by atoms with E-state index in [2.05, 4.69) is 27.0 Å². The van der Waals surface area contributed by atoms with Crippen LogP contribution in [0.2, 0.25) is 0 Å². The molecule has 1 fully saturated rings. The van der Waals surface area contributed by atoms with Gasteiger partial charge < -0.3 is 9.26 Å². The van der Waals surface area contributed by atoms with Gasteiger partial charge in [0.2, 0.25) is 11.6 Å². The number of hydrogen-bond donors (Lipinski definition) is 0. The van der Waals surface area contributed by atoms with Crippen LogP contribution in [0.3, 0.4) is 0 Å². The van der Waals surface area contributed by atoms with Gasteiger partial charge in [0.15, 0.2) is 0 Å². The van der Waals surface area contributed by atoms with Crippen LogP contribution in [-0.2, 0) is 4.74 Å². The highest BCUT2D eigenvalue weighted by Gasteiger charge is 2.24. The summed E-state index contributed by atoms with van der Waals surface area (Å²) >= 11 is 0. The number of hydrogen-bond acceptors (Lipinski definition) is 6. The molecule has 0 aromatic carbocycles. The third-order valence-corrected chi connectivity index (χ3v) is 3.76. The van der Waals surface area contributed by atoms with Crippen LogP contribution in [0.1, 0.15) is 57.4 Å². The topological polar surface area (TPSA) is 73.9 Å². The molecule has 0 aliphatic heterocycles. The summed E-state index contributed by atoms with van der Waals surface area (Å²) in [5, 5.41) is 3.96. The molecule has 1 atom stereocenters. The maximum Gasteiger partial charge on any atom is 0.256 e. The van der Waals surface area contributed by atoms with Gasteiger partial charge >= 0.3 is 0 Å². The summed E-state index contributed by atoms with van der Waals surface area (Å²) in [6, 6.07) is 1.76.